The molecule has 0 radical (unpaired) electrons. The van der Waals surface area contributed by atoms with Gasteiger partial charge < -0.3 is 0 Å². The number of rotatable bonds is 0. The lowest BCUT2D eigenvalue weighted by molar-refractivity contribution is 0.656. The maximum atomic E-state index is 4.26. The third-order valence-electron chi connectivity index (χ3n) is 1.71. The quantitative estimate of drug-likeness (QED) is 0.535. The predicted octanol–water partition coefficient (Wildman–Crippen LogP) is 1.12. The number of aromatic nitrogens is 2. The number of aryl methyl sites for hydroxylation is 1. The zero-order valence-corrected chi connectivity index (χ0v) is 5.93. The molecule has 0 fully saturated rings. The molecule has 3 heteroatoms. The second-order valence-corrected chi connectivity index (χ2v) is 2.79. The van der Waals surface area contributed by atoms with Crippen molar-refractivity contribution in [3.8, 4) is 0 Å². The van der Waals surface area contributed by atoms with Crippen LogP contribution in [0.4, 0.5) is 0 Å². The van der Waals surface area contributed by atoms with Crippen molar-refractivity contribution < 1.29 is 0 Å². The number of fused-ring (bicyclic) bond motifs is 1. The first-order valence-corrected chi connectivity index (χ1v) is 3.56. The van der Waals surface area contributed by atoms with Crippen LogP contribution in [0, 0.1) is 0 Å². The van der Waals surface area contributed by atoms with Crippen LogP contribution >= 0.6 is 12.6 Å². The zero-order valence-electron chi connectivity index (χ0n) is 5.04. The van der Waals surface area contributed by atoms with Gasteiger partial charge in [0, 0.05) is 11.4 Å². The SMILES string of the molecule is Sc1cnn2c1CCC2. The highest BCUT2D eigenvalue weighted by atomic mass is 32.1. The van der Waals surface area contributed by atoms with E-state index in [1.807, 2.05) is 10.9 Å². The van der Waals surface area contributed by atoms with Gasteiger partial charge in [-0.15, -0.1) is 12.6 Å². The van der Waals surface area contributed by atoms with E-state index in [0.717, 1.165) is 17.9 Å². The molecule has 0 aromatic carbocycles. The van der Waals surface area contributed by atoms with Crippen LogP contribution in [0.3, 0.4) is 0 Å². The summed E-state index contributed by atoms with van der Waals surface area (Å²) in [6, 6.07) is 0. The first-order chi connectivity index (χ1) is 4.38. The van der Waals surface area contributed by atoms with E-state index < -0.39 is 0 Å². The minimum atomic E-state index is 1.05. The van der Waals surface area contributed by atoms with Gasteiger partial charge in [-0.25, -0.2) is 0 Å². The third kappa shape index (κ3) is 0.678. The van der Waals surface area contributed by atoms with Gasteiger partial charge in [-0.05, 0) is 12.8 Å². The van der Waals surface area contributed by atoms with E-state index in [4.69, 9.17) is 0 Å². The van der Waals surface area contributed by atoms with E-state index in [0.29, 0.717) is 0 Å². The van der Waals surface area contributed by atoms with E-state index in [-0.39, 0.29) is 0 Å². The first-order valence-electron chi connectivity index (χ1n) is 3.11. The fourth-order valence-electron chi connectivity index (χ4n) is 1.25. The van der Waals surface area contributed by atoms with Crippen LogP contribution in [0.15, 0.2) is 11.1 Å². The Balaban J connectivity index is 2.56. The minimum Gasteiger partial charge on any atom is -0.268 e. The van der Waals surface area contributed by atoms with Gasteiger partial charge in [0.25, 0.3) is 0 Å². The van der Waals surface area contributed by atoms with E-state index >= 15 is 0 Å². The van der Waals surface area contributed by atoms with Crippen molar-refractivity contribution in [2.24, 2.45) is 0 Å². The van der Waals surface area contributed by atoms with Crippen molar-refractivity contribution in [1.29, 1.82) is 0 Å². The molecule has 0 saturated heterocycles. The van der Waals surface area contributed by atoms with E-state index in [1.165, 1.54) is 12.1 Å². The summed E-state index contributed by atoms with van der Waals surface area (Å²) in [5.74, 6) is 0. The zero-order chi connectivity index (χ0) is 6.27. The van der Waals surface area contributed by atoms with Crippen molar-refractivity contribution >= 4 is 12.6 Å². The smallest absolute Gasteiger partial charge is 0.0626 e. The molecule has 1 aliphatic heterocycles. The molecule has 1 aromatic rings. The van der Waals surface area contributed by atoms with Crippen LogP contribution < -0.4 is 0 Å². The minimum absolute atomic E-state index is 1.05. The fraction of sp³-hybridized carbons (Fsp3) is 0.500. The number of thiol groups is 1. The molecule has 9 heavy (non-hydrogen) atoms. The molecule has 0 spiro atoms. The lowest BCUT2D eigenvalue weighted by Gasteiger charge is -1.89. The molecule has 2 rings (SSSR count). The van der Waals surface area contributed by atoms with Crippen LogP contribution in [0.25, 0.3) is 0 Å². The first kappa shape index (κ1) is 5.35. The second-order valence-electron chi connectivity index (χ2n) is 2.30. The van der Waals surface area contributed by atoms with Gasteiger partial charge in [0.15, 0.2) is 0 Å². The summed E-state index contributed by atoms with van der Waals surface area (Å²) in [6.45, 7) is 1.08. The highest BCUT2D eigenvalue weighted by Crippen LogP contribution is 2.20. The normalized spacial score (nSPS) is 16.1. The molecule has 2 heterocycles. The molecule has 0 N–H and O–H groups in total. The Hall–Kier alpha value is -0.440. The van der Waals surface area contributed by atoms with Gasteiger partial charge in [-0.3, -0.25) is 4.68 Å². The Morgan fingerprint density at radius 1 is 1.67 bits per heavy atom. The monoisotopic (exact) mass is 140 g/mol. The summed E-state index contributed by atoms with van der Waals surface area (Å²) >= 11 is 4.26. The molecule has 0 aliphatic carbocycles. The predicted molar refractivity (Wildman–Crippen MR) is 37.8 cm³/mol. The Labute approximate surface area is 59.3 Å². The average molecular weight is 140 g/mol. The van der Waals surface area contributed by atoms with Crippen molar-refractivity contribution in [1.82, 2.24) is 9.78 Å². The van der Waals surface area contributed by atoms with Crippen LogP contribution in [0.1, 0.15) is 12.1 Å². The fourth-order valence-corrected chi connectivity index (χ4v) is 1.53. The lowest BCUT2D eigenvalue weighted by Crippen LogP contribution is -1.92. The lowest BCUT2D eigenvalue weighted by atomic mass is 10.3. The summed E-state index contributed by atoms with van der Waals surface area (Å²) in [6.07, 6.45) is 4.20. The Morgan fingerprint density at radius 2 is 2.56 bits per heavy atom. The molecule has 1 aliphatic rings. The molecule has 0 bridgehead atoms. The highest BCUT2D eigenvalue weighted by Gasteiger charge is 2.12. The van der Waals surface area contributed by atoms with Crippen molar-refractivity contribution in [2.45, 2.75) is 24.3 Å². The highest BCUT2D eigenvalue weighted by molar-refractivity contribution is 7.80. The Bertz CT molecular complexity index is 229. The molecule has 1 aromatic heterocycles. The summed E-state index contributed by atoms with van der Waals surface area (Å²) in [4.78, 5) is 1.05. The molecule has 0 atom stereocenters. The van der Waals surface area contributed by atoms with Crippen LogP contribution in [-0.2, 0) is 13.0 Å². The van der Waals surface area contributed by atoms with E-state index in [2.05, 4.69) is 17.7 Å². The largest absolute Gasteiger partial charge is 0.268 e. The summed E-state index contributed by atoms with van der Waals surface area (Å²) in [7, 11) is 0. The maximum Gasteiger partial charge on any atom is 0.0626 e. The standard InChI is InChI=1S/C6H8N2S/c9-6-4-7-8-3-1-2-5(6)8/h4,9H,1-3H2. The molecule has 2 nitrogen and oxygen atoms in total. The number of hydrogen-bond donors (Lipinski definition) is 1. The van der Waals surface area contributed by atoms with Crippen LogP contribution in [-0.4, -0.2) is 9.78 Å². The van der Waals surface area contributed by atoms with Gasteiger partial charge in [-0.2, -0.15) is 5.10 Å². The third-order valence-corrected chi connectivity index (χ3v) is 2.08. The molecule has 48 valence electrons. The molecular weight excluding hydrogens is 132 g/mol. The Morgan fingerprint density at radius 3 is 3.33 bits per heavy atom. The second kappa shape index (κ2) is 1.77. The van der Waals surface area contributed by atoms with E-state index in [9.17, 15) is 0 Å². The van der Waals surface area contributed by atoms with Crippen molar-refractivity contribution in [3.05, 3.63) is 11.9 Å². The average Bonchev–Trinajstić information content (AvgIpc) is 2.35. The molecule has 0 amide bonds. The van der Waals surface area contributed by atoms with E-state index in [1.54, 1.807) is 0 Å². The van der Waals surface area contributed by atoms with Gasteiger partial charge in [0.05, 0.1) is 11.9 Å². The molecule has 0 saturated carbocycles. The Kier molecular flexibility index (Phi) is 1.05. The maximum absolute atomic E-state index is 4.26. The topological polar surface area (TPSA) is 17.8 Å². The van der Waals surface area contributed by atoms with Crippen LogP contribution in [0.2, 0.25) is 0 Å². The van der Waals surface area contributed by atoms with Crippen molar-refractivity contribution in [3.63, 3.8) is 0 Å². The van der Waals surface area contributed by atoms with Crippen LogP contribution in [0.5, 0.6) is 0 Å². The summed E-state index contributed by atoms with van der Waals surface area (Å²) in [5.41, 5.74) is 1.30. The van der Waals surface area contributed by atoms with Crippen molar-refractivity contribution in [2.75, 3.05) is 0 Å². The number of hydrogen-bond acceptors (Lipinski definition) is 2. The number of nitrogens with zero attached hydrogens (tertiary/aromatic N) is 2. The summed E-state index contributed by atoms with van der Waals surface area (Å²) < 4.78 is 2.03. The van der Waals surface area contributed by atoms with Gasteiger partial charge >= 0.3 is 0 Å². The van der Waals surface area contributed by atoms with Gasteiger partial charge in [0.2, 0.25) is 0 Å². The molecule has 0 unspecified atom stereocenters. The van der Waals surface area contributed by atoms with Gasteiger partial charge in [-0.1, -0.05) is 0 Å². The summed E-state index contributed by atoms with van der Waals surface area (Å²) in [5, 5.41) is 4.14. The molecular formula is C6H8N2S. The van der Waals surface area contributed by atoms with Gasteiger partial charge in [0.1, 0.15) is 0 Å².